The number of hydrogen-bond acceptors (Lipinski definition) is 3. The molecule has 0 aliphatic rings. The lowest BCUT2D eigenvalue weighted by Gasteiger charge is -2.03. The molecular weight excluding hydrogens is 339 g/mol. The van der Waals surface area contributed by atoms with Crippen LogP contribution in [0.25, 0.3) is 0 Å². The number of halogens is 3. The average molecular weight is 348 g/mol. The van der Waals surface area contributed by atoms with Crippen molar-refractivity contribution < 1.29 is 4.79 Å². The summed E-state index contributed by atoms with van der Waals surface area (Å²) in [7, 11) is 0. The van der Waals surface area contributed by atoms with E-state index < -0.39 is 0 Å². The molecule has 1 amide bonds. The molecule has 7 heteroatoms. The number of nitrogens with zero attached hydrogens (tertiary/aromatic N) is 1. The summed E-state index contributed by atoms with van der Waals surface area (Å²) in [5, 5.41) is 4.75. The van der Waals surface area contributed by atoms with Crippen molar-refractivity contribution >= 4 is 57.8 Å². The number of rotatable bonds is 3. The zero-order chi connectivity index (χ0) is 14.7. The Morgan fingerprint density at radius 3 is 2.50 bits per heavy atom. The van der Waals surface area contributed by atoms with E-state index in [0.29, 0.717) is 25.7 Å². The molecule has 104 valence electrons. The summed E-state index contributed by atoms with van der Waals surface area (Å²) in [6.45, 7) is 1.79. The molecule has 0 radical (unpaired) electrons. The van der Waals surface area contributed by atoms with E-state index in [1.807, 2.05) is 6.07 Å². The lowest BCUT2D eigenvalue weighted by Crippen LogP contribution is -2.19. The largest absolute Gasteiger partial charge is 0.271 e. The highest BCUT2D eigenvalue weighted by Gasteiger charge is 2.08. The van der Waals surface area contributed by atoms with Gasteiger partial charge in [-0.15, -0.1) is 11.3 Å². The Morgan fingerprint density at radius 1 is 1.15 bits per heavy atom. The maximum Gasteiger partial charge on any atom is 0.271 e. The fourth-order valence-corrected chi connectivity index (χ4v) is 2.69. The lowest BCUT2D eigenvalue weighted by molar-refractivity contribution is 0.0955. The highest BCUT2D eigenvalue weighted by molar-refractivity contribution is 7.18. The van der Waals surface area contributed by atoms with E-state index in [2.05, 4.69) is 10.5 Å². The minimum Gasteiger partial charge on any atom is -0.267 e. The van der Waals surface area contributed by atoms with Crippen LogP contribution in [0, 0.1) is 0 Å². The number of amides is 1. The zero-order valence-corrected chi connectivity index (χ0v) is 13.4. The highest BCUT2D eigenvalue weighted by Crippen LogP contribution is 2.23. The van der Waals surface area contributed by atoms with E-state index in [4.69, 9.17) is 34.8 Å². The van der Waals surface area contributed by atoms with Crippen LogP contribution in [-0.2, 0) is 0 Å². The van der Waals surface area contributed by atoms with E-state index in [-0.39, 0.29) is 5.91 Å². The second-order valence-electron chi connectivity index (χ2n) is 3.87. The minimum absolute atomic E-state index is 0.324. The van der Waals surface area contributed by atoms with Gasteiger partial charge in [0, 0.05) is 5.56 Å². The Kier molecular flexibility index (Phi) is 5.05. The van der Waals surface area contributed by atoms with E-state index in [1.165, 1.54) is 17.4 Å². The van der Waals surface area contributed by atoms with Crippen LogP contribution in [0.2, 0.25) is 14.4 Å². The van der Waals surface area contributed by atoms with Crippen LogP contribution >= 0.6 is 46.1 Å². The molecule has 0 unspecified atom stereocenters. The summed E-state index contributed by atoms with van der Waals surface area (Å²) >= 11 is 18.9. The molecule has 0 spiro atoms. The van der Waals surface area contributed by atoms with Crippen LogP contribution in [-0.4, -0.2) is 11.6 Å². The van der Waals surface area contributed by atoms with Crippen molar-refractivity contribution in [1.29, 1.82) is 0 Å². The van der Waals surface area contributed by atoms with Crippen LogP contribution in [0.15, 0.2) is 35.4 Å². The zero-order valence-electron chi connectivity index (χ0n) is 10.3. The monoisotopic (exact) mass is 346 g/mol. The second kappa shape index (κ2) is 6.59. The predicted molar refractivity (Wildman–Crippen MR) is 85.5 cm³/mol. The Morgan fingerprint density at radius 2 is 1.90 bits per heavy atom. The molecule has 0 saturated carbocycles. The van der Waals surface area contributed by atoms with Gasteiger partial charge in [-0.1, -0.05) is 34.8 Å². The van der Waals surface area contributed by atoms with Crippen molar-refractivity contribution in [3.05, 3.63) is 55.2 Å². The number of carbonyl (C=O) groups excluding carboxylic acids is 1. The Bertz CT molecular complexity index is 682. The minimum atomic E-state index is -0.356. The lowest BCUT2D eigenvalue weighted by atomic mass is 10.2. The van der Waals surface area contributed by atoms with Crippen molar-refractivity contribution in [2.75, 3.05) is 0 Å². The first-order valence-corrected chi connectivity index (χ1v) is 7.48. The number of hydrogen-bond donors (Lipinski definition) is 1. The molecule has 0 aliphatic carbocycles. The van der Waals surface area contributed by atoms with Gasteiger partial charge in [-0.25, -0.2) is 5.43 Å². The van der Waals surface area contributed by atoms with Crippen molar-refractivity contribution in [1.82, 2.24) is 5.43 Å². The van der Waals surface area contributed by atoms with Gasteiger partial charge >= 0.3 is 0 Å². The number of hydrazone groups is 1. The van der Waals surface area contributed by atoms with Gasteiger partial charge in [-0.05, 0) is 37.3 Å². The number of thiophene rings is 1. The van der Waals surface area contributed by atoms with E-state index >= 15 is 0 Å². The fraction of sp³-hybridized carbons (Fsp3) is 0.0769. The number of benzene rings is 1. The molecule has 0 aliphatic heterocycles. The summed E-state index contributed by atoms with van der Waals surface area (Å²) in [6.07, 6.45) is 0. The molecule has 3 nitrogen and oxygen atoms in total. The summed E-state index contributed by atoms with van der Waals surface area (Å²) in [6, 6.07) is 8.26. The van der Waals surface area contributed by atoms with Crippen molar-refractivity contribution in [3.63, 3.8) is 0 Å². The molecular formula is C13H9Cl3N2OS. The first kappa shape index (κ1) is 15.3. The first-order chi connectivity index (χ1) is 9.47. The van der Waals surface area contributed by atoms with Crippen LogP contribution < -0.4 is 5.43 Å². The topological polar surface area (TPSA) is 41.5 Å². The normalized spacial score (nSPS) is 11.5. The molecule has 0 fully saturated rings. The first-order valence-electron chi connectivity index (χ1n) is 5.53. The fourth-order valence-electron chi connectivity index (χ4n) is 1.40. The van der Waals surface area contributed by atoms with Crippen molar-refractivity contribution in [2.45, 2.75) is 6.92 Å². The highest BCUT2D eigenvalue weighted by atomic mass is 35.5. The van der Waals surface area contributed by atoms with Crippen molar-refractivity contribution in [2.24, 2.45) is 5.10 Å². The third-order valence-corrected chi connectivity index (χ3v) is 4.52. The van der Waals surface area contributed by atoms with Gasteiger partial charge in [-0.3, -0.25) is 4.79 Å². The third-order valence-electron chi connectivity index (χ3n) is 2.44. The van der Waals surface area contributed by atoms with E-state index in [0.717, 1.165) is 4.88 Å². The van der Waals surface area contributed by atoms with Crippen LogP contribution in [0.3, 0.4) is 0 Å². The predicted octanol–water partition coefficient (Wildman–Crippen LogP) is 4.86. The molecule has 0 atom stereocenters. The van der Waals surface area contributed by atoms with Crippen LogP contribution in [0.4, 0.5) is 0 Å². The molecule has 1 heterocycles. The summed E-state index contributed by atoms with van der Waals surface area (Å²) in [4.78, 5) is 12.8. The smallest absolute Gasteiger partial charge is 0.267 e. The molecule has 1 aromatic heterocycles. The average Bonchev–Trinajstić information content (AvgIpc) is 2.85. The maximum atomic E-state index is 11.9. The summed E-state index contributed by atoms with van der Waals surface area (Å²) in [5.74, 6) is -0.356. The van der Waals surface area contributed by atoms with Gasteiger partial charge in [0.15, 0.2) is 0 Å². The second-order valence-corrected chi connectivity index (χ2v) is 6.40. The van der Waals surface area contributed by atoms with Gasteiger partial charge < -0.3 is 0 Å². The molecule has 0 bridgehead atoms. The van der Waals surface area contributed by atoms with Gasteiger partial charge in [0.2, 0.25) is 0 Å². The summed E-state index contributed by atoms with van der Waals surface area (Å²) in [5.41, 5.74) is 3.53. The Labute approximate surface area is 135 Å². The quantitative estimate of drug-likeness (QED) is 0.625. The van der Waals surface area contributed by atoms with E-state index in [1.54, 1.807) is 25.1 Å². The van der Waals surface area contributed by atoms with Crippen LogP contribution in [0.1, 0.15) is 22.2 Å². The van der Waals surface area contributed by atoms with E-state index in [9.17, 15) is 4.79 Å². The Balaban J connectivity index is 2.09. The molecule has 1 aromatic carbocycles. The molecule has 20 heavy (non-hydrogen) atoms. The summed E-state index contributed by atoms with van der Waals surface area (Å²) < 4.78 is 0.672. The molecule has 0 saturated heterocycles. The third kappa shape index (κ3) is 3.73. The molecule has 2 aromatic rings. The van der Waals surface area contributed by atoms with Gasteiger partial charge in [0.1, 0.15) is 0 Å². The molecule has 2 rings (SSSR count). The van der Waals surface area contributed by atoms with Gasteiger partial charge in [0.05, 0.1) is 25.0 Å². The van der Waals surface area contributed by atoms with Gasteiger partial charge in [-0.2, -0.15) is 5.10 Å². The standard InChI is InChI=1S/C13H9Cl3N2OS/c1-7(11-4-5-12(16)20-11)17-18-13(19)8-2-3-9(14)10(15)6-8/h2-6H,1H3,(H,18,19)/b17-7+. The number of carbonyl (C=O) groups is 1. The maximum absolute atomic E-state index is 11.9. The number of nitrogens with one attached hydrogen (secondary N) is 1. The SMILES string of the molecule is C/C(=N\NC(=O)c1ccc(Cl)c(Cl)c1)c1ccc(Cl)s1. The van der Waals surface area contributed by atoms with Crippen LogP contribution in [0.5, 0.6) is 0 Å². The molecule has 1 N–H and O–H groups in total. The Hall–Kier alpha value is -1.07. The van der Waals surface area contributed by atoms with Crippen molar-refractivity contribution in [3.8, 4) is 0 Å². The van der Waals surface area contributed by atoms with Gasteiger partial charge in [0.25, 0.3) is 5.91 Å².